The number of furan rings is 1. The Labute approximate surface area is 106 Å². The van der Waals surface area contributed by atoms with Crippen LogP contribution < -0.4 is 5.73 Å². The van der Waals surface area contributed by atoms with Gasteiger partial charge in [0.05, 0.1) is 0 Å². The molecule has 0 aliphatic heterocycles. The molecule has 1 aromatic heterocycles. The minimum Gasteiger partial charge on any atom is -0.461 e. The molecule has 0 aliphatic rings. The monoisotopic (exact) mass is 273 g/mol. The highest BCUT2D eigenvalue weighted by Crippen LogP contribution is 2.26. The molecule has 6 heteroatoms. The Morgan fingerprint density at radius 3 is 2.26 bits per heavy atom. The minimum absolute atomic E-state index is 0.143. The fraction of sp³-hybridized carbons (Fsp3) is 0.231. The molecule has 0 saturated heterocycles. The Bertz CT molecular complexity index is 545. The number of rotatable bonds is 3. The van der Waals surface area contributed by atoms with Crippen molar-refractivity contribution in [2.24, 2.45) is 5.73 Å². The van der Waals surface area contributed by atoms with E-state index in [1.165, 1.54) is 36.4 Å². The fourth-order valence-electron chi connectivity index (χ4n) is 1.59. The lowest BCUT2D eigenvalue weighted by Gasteiger charge is -2.13. The van der Waals surface area contributed by atoms with Crippen molar-refractivity contribution >= 4 is 0 Å². The van der Waals surface area contributed by atoms with Crippen LogP contribution in [0, 0.1) is 5.82 Å². The number of alkyl halides is 3. The maximum atomic E-state index is 12.7. The molecule has 102 valence electrons. The van der Waals surface area contributed by atoms with Gasteiger partial charge in [0.2, 0.25) is 0 Å². The highest BCUT2D eigenvalue weighted by atomic mass is 19.4. The molecule has 0 aliphatic carbocycles. The maximum absolute atomic E-state index is 12.7. The van der Waals surface area contributed by atoms with Gasteiger partial charge in [-0.2, -0.15) is 13.2 Å². The van der Waals surface area contributed by atoms with E-state index < -0.39 is 24.5 Å². The van der Waals surface area contributed by atoms with Crippen molar-refractivity contribution in [2.75, 3.05) is 0 Å². The molecule has 2 rings (SSSR count). The summed E-state index contributed by atoms with van der Waals surface area (Å²) in [7, 11) is 0. The lowest BCUT2D eigenvalue weighted by atomic mass is 10.1. The van der Waals surface area contributed by atoms with Crippen LogP contribution in [0.15, 0.2) is 40.8 Å². The number of halogens is 4. The van der Waals surface area contributed by atoms with Crippen molar-refractivity contribution in [1.82, 2.24) is 0 Å². The molecule has 2 N–H and O–H groups in total. The molecule has 2 aromatic rings. The van der Waals surface area contributed by atoms with Gasteiger partial charge >= 0.3 is 6.18 Å². The molecular formula is C13H11F4NO. The molecule has 0 spiro atoms. The average Bonchev–Trinajstić information content (AvgIpc) is 2.77. The molecule has 1 aromatic carbocycles. The SMILES string of the molecule is NC(Cc1ccc(-c2ccc(F)cc2)o1)C(F)(F)F. The largest absolute Gasteiger partial charge is 0.461 e. The Balaban J connectivity index is 2.13. The van der Waals surface area contributed by atoms with Crippen molar-refractivity contribution in [1.29, 1.82) is 0 Å². The highest BCUT2D eigenvalue weighted by Gasteiger charge is 2.37. The summed E-state index contributed by atoms with van der Waals surface area (Å²) < 4.78 is 54.9. The van der Waals surface area contributed by atoms with Crippen LogP contribution in [0.4, 0.5) is 17.6 Å². The normalized spacial score (nSPS) is 13.5. The quantitative estimate of drug-likeness (QED) is 0.869. The van der Waals surface area contributed by atoms with Crippen molar-refractivity contribution in [2.45, 2.75) is 18.6 Å². The Morgan fingerprint density at radius 1 is 1.05 bits per heavy atom. The summed E-state index contributed by atoms with van der Waals surface area (Å²) in [4.78, 5) is 0. The van der Waals surface area contributed by atoms with Crippen LogP contribution in [0.2, 0.25) is 0 Å². The highest BCUT2D eigenvalue weighted by molar-refractivity contribution is 5.57. The van der Waals surface area contributed by atoms with Crippen LogP contribution in [-0.2, 0) is 6.42 Å². The summed E-state index contributed by atoms with van der Waals surface area (Å²) >= 11 is 0. The van der Waals surface area contributed by atoms with Gasteiger partial charge in [-0.15, -0.1) is 0 Å². The zero-order valence-electron chi connectivity index (χ0n) is 9.75. The Morgan fingerprint density at radius 2 is 1.68 bits per heavy atom. The topological polar surface area (TPSA) is 39.2 Å². The van der Waals surface area contributed by atoms with Gasteiger partial charge in [0.25, 0.3) is 0 Å². The van der Waals surface area contributed by atoms with Gasteiger partial charge in [-0.05, 0) is 36.4 Å². The van der Waals surface area contributed by atoms with Crippen LogP contribution in [-0.4, -0.2) is 12.2 Å². The maximum Gasteiger partial charge on any atom is 0.404 e. The smallest absolute Gasteiger partial charge is 0.404 e. The van der Waals surface area contributed by atoms with Gasteiger partial charge in [0.15, 0.2) is 0 Å². The first-order valence-electron chi connectivity index (χ1n) is 5.53. The minimum atomic E-state index is -4.46. The zero-order valence-corrected chi connectivity index (χ0v) is 9.75. The fourth-order valence-corrected chi connectivity index (χ4v) is 1.59. The predicted molar refractivity (Wildman–Crippen MR) is 61.8 cm³/mol. The van der Waals surface area contributed by atoms with Crippen molar-refractivity contribution < 1.29 is 22.0 Å². The second-order valence-corrected chi connectivity index (χ2v) is 4.13. The first-order chi connectivity index (χ1) is 8.86. The zero-order chi connectivity index (χ0) is 14.0. The molecule has 2 nitrogen and oxygen atoms in total. The van der Waals surface area contributed by atoms with E-state index in [1.807, 2.05) is 0 Å². The molecule has 0 radical (unpaired) electrons. The van der Waals surface area contributed by atoms with Crippen LogP contribution in [0.25, 0.3) is 11.3 Å². The number of benzene rings is 1. The molecule has 1 unspecified atom stereocenters. The number of hydrogen-bond acceptors (Lipinski definition) is 2. The molecule has 1 heterocycles. The Hall–Kier alpha value is -1.82. The standard InChI is InChI=1S/C13H11F4NO/c14-9-3-1-8(2-4-9)11-6-5-10(19-11)7-12(18)13(15,16)17/h1-6,12H,7,18H2. The van der Waals surface area contributed by atoms with Crippen LogP contribution >= 0.6 is 0 Å². The van der Waals surface area contributed by atoms with E-state index in [9.17, 15) is 17.6 Å². The van der Waals surface area contributed by atoms with Crippen molar-refractivity contribution in [3.63, 3.8) is 0 Å². The van der Waals surface area contributed by atoms with E-state index in [0.717, 1.165) is 0 Å². The van der Waals surface area contributed by atoms with Crippen LogP contribution in [0.3, 0.4) is 0 Å². The Kier molecular flexibility index (Phi) is 3.61. The third-order valence-corrected chi connectivity index (χ3v) is 2.63. The van der Waals surface area contributed by atoms with E-state index in [1.54, 1.807) is 0 Å². The molecule has 1 atom stereocenters. The summed E-state index contributed by atoms with van der Waals surface area (Å²) in [6, 6.07) is 6.48. The lowest BCUT2D eigenvalue weighted by molar-refractivity contribution is -0.147. The van der Waals surface area contributed by atoms with Crippen molar-refractivity contribution in [3.8, 4) is 11.3 Å². The lowest BCUT2D eigenvalue weighted by Crippen LogP contribution is -2.38. The third kappa shape index (κ3) is 3.35. The summed E-state index contributed by atoms with van der Waals surface area (Å²) in [6.07, 6.45) is -4.88. The van der Waals surface area contributed by atoms with Crippen molar-refractivity contribution in [3.05, 3.63) is 48.0 Å². The van der Waals surface area contributed by atoms with Gasteiger partial charge in [-0.3, -0.25) is 0 Å². The van der Waals surface area contributed by atoms with E-state index in [0.29, 0.717) is 11.3 Å². The van der Waals surface area contributed by atoms with Gasteiger partial charge in [0.1, 0.15) is 23.4 Å². The number of hydrogen-bond donors (Lipinski definition) is 1. The average molecular weight is 273 g/mol. The van der Waals surface area contributed by atoms with Gasteiger partial charge in [0, 0.05) is 12.0 Å². The first kappa shape index (κ1) is 13.6. The molecule has 19 heavy (non-hydrogen) atoms. The summed E-state index contributed by atoms with van der Waals surface area (Å²) in [5.41, 5.74) is 5.61. The third-order valence-electron chi connectivity index (χ3n) is 2.63. The van der Waals surface area contributed by atoms with E-state index in [4.69, 9.17) is 10.2 Å². The summed E-state index contributed by atoms with van der Waals surface area (Å²) in [6.45, 7) is 0. The van der Waals surface area contributed by atoms with E-state index in [2.05, 4.69) is 0 Å². The van der Waals surface area contributed by atoms with E-state index >= 15 is 0 Å². The van der Waals surface area contributed by atoms with E-state index in [-0.39, 0.29) is 5.76 Å². The predicted octanol–water partition coefficient (Wildman–Crippen LogP) is 3.52. The molecular weight excluding hydrogens is 262 g/mol. The van der Waals surface area contributed by atoms with Gasteiger partial charge < -0.3 is 10.2 Å². The van der Waals surface area contributed by atoms with Gasteiger partial charge in [-0.1, -0.05) is 0 Å². The second-order valence-electron chi connectivity index (χ2n) is 4.13. The van der Waals surface area contributed by atoms with Crippen LogP contribution in [0.1, 0.15) is 5.76 Å². The molecule has 0 bridgehead atoms. The molecule has 0 fully saturated rings. The second kappa shape index (κ2) is 5.05. The summed E-state index contributed by atoms with van der Waals surface area (Å²) in [5, 5.41) is 0. The summed E-state index contributed by atoms with van der Waals surface area (Å²) in [5.74, 6) is 0.128. The molecule has 0 amide bonds. The molecule has 0 saturated carbocycles. The van der Waals surface area contributed by atoms with Gasteiger partial charge in [-0.25, -0.2) is 4.39 Å². The number of nitrogens with two attached hydrogens (primary N) is 1. The van der Waals surface area contributed by atoms with Crippen LogP contribution in [0.5, 0.6) is 0 Å². The first-order valence-corrected chi connectivity index (χ1v) is 5.53.